The van der Waals surface area contributed by atoms with E-state index in [2.05, 4.69) is 34.1 Å². The number of carbonyl (C=O) groups is 1. The number of nitrogens with zero attached hydrogens (tertiary/aromatic N) is 2. The largest absolute Gasteiger partial charge is 0.478 e. The van der Waals surface area contributed by atoms with Gasteiger partial charge in [0.1, 0.15) is 0 Å². The molecule has 1 fully saturated rings. The van der Waals surface area contributed by atoms with Crippen LogP contribution in [0.4, 0.5) is 11.4 Å². The van der Waals surface area contributed by atoms with E-state index in [1.807, 2.05) is 14.1 Å². The predicted molar refractivity (Wildman–Crippen MR) is 77.9 cm³/mol. The summed E-state index contributed by atoms with van der Waals surface area (Å²) in [5, 5.41) is 8.74. The van der Waals surface area contributed by atoms with Gasteiger partial charge in [-0.2, -0.15) is 0 Å². The molecule has 2 rings (SSSR count). The van der Waals surface area contributed by atoms with Crippen molar-refractivity contribution in [2.75, 3.05) is 37.0 Å². The highest BCUT2D eigenvalue weighted by Crippen LogP contribution is 2.24. The fraction of sp³-hybridized carbons (Fsp3) is 0.400. The predicted octanol–water partition coefficient (Wildman–Crippen LogP) is 2.36. The molecule has 1 aliphatic rings. The molecule has 1 aliphatic heterocycles. The number of carboxylic acids is 1. The zero-order valence-corrected chi connectivity index (χ0v) is 11.5. The van der Waals surface area contributed by atoms with Crippen molar-refractivity contribution in [2.45, 2.75) is 12.8 Å². The maximum Gasteiger partial charge on any atom is 0.328 e. The topological polar surface area (TPSA) is 43.8 Å². The Morgan fingerprint density at radius 2 is 1.79 bits per heavy atom. The van der Waals surface area contributed by atoms with Crippen LogP contribution in [0.15, 0.2) is 35.9 Å². The highest BCUT2D eigenvalue weighted by Gasteiger charge is 2.15. The maximum atomic E-state index is 10.6. The van der Waals surface area contributed by atoms with Gasteiger partial charge < -0.3 is 14.9 Å². The summed E-state index contributed by atoms with van der Waals surface area (Å²) >= 11 is 0. The van der Waals surface area contributed by atoms with Gasteiger partial charge in [0, 0.05) is 44.6 Å². The number of carboxylic acid groups (broad SMARTS) is 1. The second-order valence-electron chi connectivity index (χ2n) is 5.04. The molecule has 1 aromatic carbocycles. The van der Waals surface area contributed by atoms with E-state index in [1.54, 1.807) is 0 Å². The molecule has 1 aromatic rings. The molecular formula is C15H20N2O2. The quantitative estimate of drug-likeness (QED) is 0.847. The van der Waals surface area contributed by atoms with Gasteiger partial charge in [0.2, 0.25) is 0 Å². The van der Waals surface area contributed by atoms with Gasteiger partial charge in [0.15, 0.2) is 0 Å². The van der Waals surface area contributed by atoms with Crippen molar-refractivity contribution >= 4 is 17.3 Å². The van der Waals surface area contributed by atoms with E-state index in [0.29, 0.717) is 0 Å². The maximum absolute atomic E-state index is 10.6. The summed E-state index contributed by atoms with van der Waals surface area (Å²) < 4.78 is 0. The third kappa shape index (κ3) is 3.50. The van der Waals surface area contributed by atoms with E-state index < -0.39 is 5.97 Å². The van der Waals surface area contributed by atoms with Gasteiger partial charge >= 0.3 is 5.97 Å². The fourth-order valence-corrected chi connectivity index (χ4v) is 2.33. The summed E-state index contributed by atoms with van der Waals surface area (Å²) in [6.45, 7) is 1.78. The van der Waals surface area contributed by atoms with Crippen molar-refractivity contribution in [1.29, 1.82) is 0 Å². The Morgan fingerprint density at radius 1 is 1.21 bits per heavy atom. The lowest BCUT2D eigenvalue weighted by molar-refractivity contribution is -0.131. The van der Waals surface area contributed by atoms with Crippen molar-refractivity contribution < 1.29 is 9.90 Å². The summed E-state index contributed by atoms with van der Waals surface area (Å²) in [5.41, 5.74) is 3.43. The van der Waals surface area contributed by atoms with E-state index in [9.17, 15) is 4.79 Å². The number of hydrogen-bond donors (Lipinski definition) is 1. The minimum Gasteiger partial charge on any atom is -0.478 e. The number of anilines is 2. The van der Waals surface area contributed by atoms with Crippen molar-refractivity contribution in [2.24, 2.45) is 0 Å². The van der Waals surface area contributed by atoms with Crippen LogP contribution < -0.4 is 9.80 Å². The molecule has 4 nitrogen and oxygen atoms in total. The molecule has 0 spiro atoms. The Morgan fingerprint density at radius 3 is 2.26 bits per heavy atom. The number of aliphatic carboxylic acids is 1. The van der Waals surface area contributed by atoms with E-state index in [-0.39, 0.29) is 0 Å². The third-order valence-corrected chi connectivity index (χ3v) is 3.46. The van der Waals surface area contributed by atoms with Gasteiger partial charge in [-0.05, 0) is 37.1 Å². The molecule has 0 unspecified atom stereocenters. The van der Waals surface area contributed by atoms with Crippen molar-refractivity contribution in [3.05, 3.63) is 35.9 Å². The lowest BCUT2D eigenvalue weighted by Gasteiger charge is -2.30. The van der Waals surface area contributed by atoms with Crippen LogP contribution in [-0.2, 0) is 4.79 Å². The van der Waals surface area contributed by atoms with Gasteiger partial charge in [0.25, 0.3) is 0 Å². The first-order valence-electron chi connectivity index (χ1n) is 6.51. The Bertz CT molecular complexity index is 467. The van der Waals surface area contributed by atoms with Crippen LogP contribution in [-0.4, -0.2) is 38.3 Å². The molecule has 0 aromatic heterocycles. The van der Waals surface area contributed by atoms with Gasteiger partial charge in [-0.25, -0.2) is 4.79 Å². The van der Waals surface area contributed by atoms with Crippen LogP contribution in [0.1, 0.15) is 12.8 Å². The van der Waals surface area contributed by atoms with Crippen LogP contribution >= 0.6 is 0 Å². The summed E-state index contributed by atoms with van der Waals surface area (Å²) in [6.07, 6.45) is 3.02. The minimum absolute atomic E-state index is 0.834. The lowest BCUT2D eigenvalue weighted by atomic mass is 10.0. The van der Waals surface area contributed by atoms with E-state index >= 15 is 0 Å². The van der Waals surface area contributed by atoms with Crippen LogP contribution in [0.5, 0.6) is 0 Å². The molecular weight excluding hydrogens is 240 g/mol. The molecule has 0 amide bonds. The molecule has 1 saturated heterocycles. The molecule has 1 heterocycles. The second kappa shape index (κ2) is 5.78. The second-order valence-corrected chi connectivity index (χ2v) is 5.04. The lowest BCUT2D eigenvalue weighted by Crippen LogP contribution is -2.30. The van der Waals surface area contributed by atoms with Crippen molar-refractivity contribution in [3.63, 3.8) is 0 Å². The first-order valence-corrected chi connectivity index (χ1v) is 6.51. The van der Waals surface area contributed by atoms with Crippen LogP contribution in [0.2, 0.25) is 0 Å². The zero-order chi connectivity index (χ0) is 13.8. The number of piperidine rings is 1. The summed E-state index contributed by atoms with van der Waals surface area (Å²) in [6, 6.07) is 8.47. The Balaban J connectivity index is 1.99. The SMILES string of the molecule is CN(C)c1ccc(N2CCC(=CC(=O)O)CC2)cc1. The minimum atomic E-state index is -0.834. The van der Waals surface area contributed by atoms with Crippen molar-refractivity contribution in [1.82, 2.24) is 0 Å². The average Bonchev–Trinajstić information content (AvgIpc) is 2.39. The molecule has 0 bridgehead atoms. The molecule has 0 radical (unpaired) electrons. The number of rotatable bonds is 3. The Hall–Kier alpha value is -1.97. The highest BCUT2D eigenvalue weighted by atomic mass is 16.4. The number of benzene rings is 1. The Labute approximate surface area is 113 Å². The average molecular weight is 260 g/mol. The van der Waals surface area contributed by atoms with Gasteiger partial charge in [-0.3, -0.25) is 0 Å². The molecule has 102 valence electrons. The monoisotopic (exact) mass is 260 g/mol. The Kier molecular flexibility index (Phi) is 4.10. The molecule has 0 atom stereocenters. The van der Waals surface area contributed by atoms with Gasteiger partial charge in [0.05, 0.1) is 0 Å². The van der Waals surface area contributed by atoms with Gasteiger partial charge in [-0.15, -0.1) is 0 Å². The standard InChI is InChI=1S/C15H20N2O2/c1-16(2)13-3-5-14(6-4-13)17-9-7-12(8-10-17)11-15(18)19/h3-6,11H,7-10H2,1-2H3,(H,18,19). The zero-order valence-electron chi connectivity index (χ0n) is 11.5. The van der Waals surface area contributed by atoms with Crippen LogP contribution in [0.3, 0.4) is 0 Å². The summed E-state index contributed by atoms with van der Waals surface area (Å²) in [4.78, 5) is 15.0. The fourth-order valence-electron chi connectivity index (χ4n) is 2.33. The molecule has 0 aliphatic carbocycles. The summed E-state index contributed by atoms with van der Waals surface area (Å²) in [5.74, 6) is -0.834. The van der Waals surface area contributed by atoms with E-state index in [0.717, 1.165) is 31.5 Å². The summed E-state index contributed by atoms with van der Waals surface area (Å²) in [7, 11) is 4.05. The molecule has 0 saturated carbocycles. The smallest absolute Gasteiger partial charge is 0.328 e. The third-order valence-electron chi connectivity index (χ3n) is 3.46. The molecule has 4 heteroatoms. The van der Waals surface area contributed by atoms with Crippen molar-refractivity contribution in [3.8, 4) is 0 Å². The molecule has 1 N–H and O–H groups in total. The first kappa shape index (κ1) is 13.5. The van der Waals surface area contributed by atoms with Crippen LogP contribution in [0.25, 0.3) is 0 Å². The molecule has 19 heavy (non-hydrogen) atoms. The normalized spacial score (nSPS) is 15.3. The van der Waals surface area contributed by atoms with E-state index in [1.165, 1.54) is 17.5 Å². The van der Waals surface area contributed by atoms with Gasteiger partial charge in [-0.1, -0.05) is 5.57 Å². The van der Waals surface area contributed by atoms with Crippen LogP contribution in [0, 0.1) is 0 Å². The highest BCUT2D eigenvalue weighted by molar-refractivity contribution is 5.80. The van der Waals surface area contributed by atoms with E-state index in [4.69, 9.17) is 5.11 Å². The number of hydrogen-bond acceptors (Lipinski definition) is 3. The first-order chi connectivity index (χ1) is 9.06.